The highest BCUT2D eigenvalue weighted by Gasteiger charge is 2.31. The van der Waals surface area contributed by atoms with E-state index in [0.717, 1.165) is 16.7 Å². The van der Waals surface area contributed by atoms with Gasteiger partial charge in [0.15, 0.2) is 0 Å². The molecule has 0 aliphatic heterocycles. The van der Waals surface area contributed by atoms with Crippen LogP contribution in [-0.4, -0.2) is 6.36 Å². The molecule has 0 bridgehead atoms. The Morgan fingerprint density at radius 3 is 1.65 bits per heavy atom. The van der Waals surface area contributed by atoms with Crippen molar-refractivity contribution < 1.29 is 17.9 Å². The third kappa shape index (κ3) is 5.00. The van der Waals surface area contributed by atoms with Crippen LogP contribution in [-0.2, 0) is 0 Å². The predicted octanol–water partition coefficient (Wildman–Crippen LogP) is 5.72. The maximum atomic E-state index is 12.2. The zero-order chi connectivity index (χ0) is 17.9. The molecule has 0 fully saturated rings. The van der Waals surface area contributed by atoms with Crippen LogP contribution in [0, 0.1) is 0 Å². The van der Waals surface area contributed by atoms with E-state index in [1.807, 2.05) is 54.6 Å². The van der Waals surface area contributed by atoms with Crippen molar-refractivity contribution in [3.05, 3.63) is 90.0 Å². The molecule has 0 amide bonds. The van der Waals surface area contributed by atoms with E-state index in [4.69, 9.17) is 5.73 Å². The van der Waals surface area contributed by atoms with Crippen LogP contribution in [0.4, 0.5) is 13.2 Å². The first-order valence-electron chi connectivity index (χ1n) is 7.69. The molecule has 3 aromatic carbocycles. The van der Waals surface area contributed by atoms with Gasteiger partial charge in [0.2, 0.25) is 0 Å². The summed E-state index contributed by atoms with van der Waals surface area (Å²) in [5.41, 5.74) is 9.99. The molecular formula is C20H17ClF3NO. The Labute approximate surface area is 155 Å². The SMILES string of the molecule is Cl.N[C@H](c1ccc(OC(F)(F)F)cc1)c1ccc(-c2ccccc2)cc1. The number of rotatable bonds is 4. The van der Waals surface area contributed by atoms with E-state index in [2.05, 4.69) is 4.74 Å². The fraction of sp³-hybridized carbons (Fsp3) is 0.100. The summed E-state index contributed by atoms with van der Waals surface area (Å²) in [5, 5.41) is 0. The summed E-state index contributed by atoms with van der Waals surface area (Å²) in [6.07, 6.45) is -4.70. The largest absolute Gasteiger partial charge is 0.573 e. The van der Waals surface area contributed by atoms with Gasteiger partial charge in [-0.3, -0.25) is 0 Å². The van der Waals surface area contributed by atoms with Crippen molar-refractivity contribution >= 4 is 12.4 Å². The second-order valence-corrected chi connectivity index (χ2v) is 5.58. The average Bonchev–Trinajstić information content (AvgIpc) is 2.61. The molecule has 0 aliphatic rings. The van der Waals surface area contributed by atoms with Gasteiger partial charge in [-0.25, -0.2) is 0 Å². The van der Waals surface area contributed by atoms with Crippen LogP contribution in [0.5, 0.6) is 5.75 Å². The molecule has 1 atom stereocenters. The van der Waals surface area contributed by atoms with E-state index < -0.39 is 12.4 Å². The van der Waals surface area contributed by atoms with Crippen molar-refractivity contribution in [1.29, 1.82) is 0 Å². The molecule has 0 aromatic heterocycles. The van der Waals surface area contributed by atoms with Crippen molar-refractivity contribution in [3.8, 4) is 16.9 Å². The van der Waals surface area contributed by atoms with Crippen LogP contribution < -0.4 is 10.5 Å². The minimum absolute atomic E-state index is 0. The van der Waals surface area contributed by atoms with Crippen molar-refractivity contribution in [1.82, 2.24) is 0 Å². The Bertz CT molecular complexity index is 818. The number of halogens is 4. The van der Waals surface area contributed by atoms with Gasteiger partial charge in [0.1, 0.15) is 5.75 Å². The van der Waals surface area contributed by atoms with Crippen LogP contribution in [0.3, 0.4) is 0 Å². The van der Waals surface area contributed by atoms with Crippen LogP contribution in [0.25, 0.3) is 11.1 Å². The van der Waals surface area contributed by atoms with Crippen LogP contribution in [0.1, 0.15) is 17.2 Å². The standard InChI is InChI=1S/C20H16F3NO.ClH/c21-20(22,23)25-18-12-10-17(11-13-18)19(24)16-8-6-15(7-9-16)14-4-2-1-3-5-14;/h1-13,19H,24H2;1H/t19-;/m0./s1. The highest BCUT2D eigenvalue weighted by molar-refractivity contribution is 5.85. The van der Waals surface area contributed by atoms with Crippen LogP contribution in [0.2, 0.25) is 0 Å². The highest BCUT2D eigenvalue weighted by atomic mass is 35.5. The topological polar surface area (TPSA) is 35.2 Å². The Hall–Kier alpha value is -2.50. The molecule has 6 heteroatoms. The van der Waals surface area contributed by atoms with Crippen LogP contribution >= 0.6 is 12.4 Å². The monoisotopic (exact) mass is 379 g/mol. The first-order valence-corrected chi connectivity index (χ1v) is 7.69. The Morgan fingerprint density at radius 1 is 0.692 bits per heavy atom. The molecule has 0 unspecified atom stereocenters. The van der Waals surface area contributed by atoms with Crippen molar-refractivity contribution in [2.45, 2.75) is 12.4 Å². The summed E-state index contributed by atoms with van der Waals surface area (Å²) >= 11 is 0. The van der Waals surface area contributed by atoms with Gasteiger partial charge in [0.25, 0.3) is 0 Å². The molecule has 3 rings (SSSR count). The summed E-state index contributed by atoms with van der Waals surface area (Å²) in [6, 6.07) is 22.9. The third-order valence-corrected chi connectivity index (χ3v) is 3.85. The van der Waals surface area contributed by atoms with E-state index >= 15 is 0 Å². The van der Waals surface area contributed by atoms with E-state index in [-0.39, 0.29) is 18.2 Å². The summed E-state index contributed by atoms with van der Waals surface area (Å²) < 4.78 is 40.5. The van der Waals surface area contributed by atoms with Gasteiger partial charge < -0.3 is 10.5 Å². The molecule has 0 saturated carbocycles. The Morgan fingerprint density at radius 2 is 1.15 bits per heavy atom. The average molecular weight is 380 g/mol. The van der Waals surface area contributed by atoms with Crippen molar-refractivity contribution in [3.63, 3.8) is 0 Å². The second kappa shape index (κ2) is 8.25. The van der Waals surface area contributed by atoms with Gasteiger partial charge in [0.05, 0.1) is 6.04 Å². The minimum Gasteiger partial charge on any atom is -0.406 e. The lowest BCUT2D eigenvalue weighted by Gasteiger charge is -2.15. The molecule has 136 valence electrons. The predicted molar refractivity (Wildman–Crippen MR) is 98.3 cm³/mol. The Kier molecular flexibility index (Phi) is 6.29. The Balaban J connectivity index is 0.00000243. The normalized spacial score (nSPS) is 12.2. The van der Waals surface area contributed by atoms with Gasteiger partial charge in [0, 0.05) is 0 Å². The van der Waals surface area contributed by atoms with Crippen molar-refractivity contribution in [2.75, 3.05) is 0 Å². The smallest absolute Gasteiger partial charge is 0.406 e. The molecule has 26 heavy (non-hydrogen) atoms. The molecule has 2 N–H and O–H groups in total. The van der Waals surface area contributed by atoms with Crippen molar-refractivity contribution in [2.24, 2.45) is 5.73 Å². The van der Waals surface area contributed by atoms with Crippen LogP contribution in [0.15, 0.2) is 78.9 Å². The van der Waals surface area contributed by atoms with E-state index in [1.165, 1.54) is 24.3 Å². The lowest BCUT2D eigenvalue weighted by atomic mass is 9.97. The molecule has 0 saturated heterocycles. The van der Waals surface area contributed by atoms with E-state index in [1.54, 1.807) is 0 Å². The zero-order valence-electron chi connectivity index (χ0n) is 13.6. The molecule has 0 heterocycles. The summed E-state index contributed by atoms with van der Waals surface area (Å²) in [4.78, 5) is 0. The highest BCUT2D eigenvalue weighted by Crippen LogP contribution is 2.27. The number of nitrogens with two attached hydrogens (primary N) is 1. The molecule has 2 nitrogen and oxygen atoms in total. The molecule has 3 aromatic rings. The molecule has 0 radical (unpaired) electrons. The first-order chi connectivity index (χ1) is 11.9. The quantitative estimate of drug-likeness (QED) is 0.629. The summed E-state index contributed by atoms with van der Waals surface area (Å²) in [5.74, 6) is -0.261. The molecular weight excluding hydrogens is 363 g/mol. The maximum Gasteiger partial charge on any atom is 0.573 e. The number of alkyl halides is 3. The summed E-state index contributed by atoms with van der Waals surface area (Å²) in [6.45, 7) is 0. The van der Waals surface area contributed by atoms with Gasteiger partial charge in [-0.05, 0) is 34.4 Å². The van der Waals surface area contributed by atoms with Gasteiger partial charge in [-0.1, -0.05) is 66.7 Å². The van der Waals surface area contributed by atoms with Gasteiger partial charge >= 0.3 is 6.36 Å². The maximum absolute atomic E-state index is 12.2. The fourth-order valence-corrected chi connectivity index (χ4v) is 2.58. The zero-order valence-corrected chi connectivity index (χ0v) is 14.4. The molecule has 0 spiro atoms. The lowest BCUT2D eigenvalue weighted by Crippen LogP contribution is -2.17. The first kappa shape index (κ1) is 19.8. The van der Waals surface area contributed by atoms with E-state index in [0.29, 0.717) is 5.56 Å². The lowest BCUT2D eigenvalue weighted by molar-refractivity contribution is -0.274. The second-order valence-electron chi connectivity index (χ2n) is 5.58. The number of ether oxygens (including phenoxy) is 1. The summed E-state index contributed by atoms with van der Waals surface area (Å²) in [7, 11) is 0. The third-order valence-electron chi connectivity index (χ3n) is 3.85. The fourth-order valence-electron chi connectivity index (χ4n) is 2.58. The minimum atomic E-state index is -4.70. The van der Waals surface area contributed by atoms with E-state index in [9.17, 15) is 13.2 Å². The van der Waals surface area contributed by atoms with Gasteiger partial charge in [-0.15, -0.1) is 25.6 Å². The molecule has 0 aliphatic carbocycles. The number of benzene rings is 3. The number of hydrogen-bond donors (Lipinski definition) is 1. The van der Waals surface area contributed by atoms with Gasteiger partial charge in [-0.2, -0.15) is 0 Å². The number of hydrogen-bond acceptors (Lipinski definition) is 2.